The van der Waals surface area contributed by atoms with Gasteiger partial charge in [0.1, 0.15) is 11.5 Å². The molecule has 0 radical (unpaired) electrons. The van der Waals surface area contributed by atoms with Gasteiger partial charge in [-0.1, -0.05) is 30.3 Å². The van der Waals surface area contributed by atoms with Gasteiger partial charge in [0.2, 0.25) is 5.12 Å². The summed E-state index contributed by atoms with van der Waals surface area (Å²) in [4.78, 5) is 6.23. The van der Waals surface area contributed by atoms with E-state index in [4.69, 9.17) is 11.6 Å². The van der Waals surface area contributed by atoms with Crippen LogP contribution in [0.2, 0.25) is 0 Å². The number of halogens is 3. The highest BCUT2D eigenvalue weighted by Gasteiger charge is 2.45. The SMILES string of the molecule is C=CN1CNC2(Cl)N=C(I)NC(c3cccc(F)c3)=C12. The van der Waals surface area contributed by atoms with Crippen LogP contribution >= 0.6 is 34.2 Å². The zero-order valence-electron chi connectivity index (χ0n) is 10.3. The lowest BCUT2D eigenvalue weighted by Crippen LogP contribution is -2.40. The number of hydrogen-bond acceptors (Lipinski definition) is 4. The maximum Gasteiger partial charge on any atom is 0.233 e. The molecule has 0 amide bonds. The van der Waals surface area contributed by atoms with Crippen molar-refractivity contribution < 1.29 is 4.39 Å². The second-order valence-corrected chi connectivity index (χ2v) is 5.94. The monoisotopic (exact) mass is 404 g/mol. The normalized spacial score (nSPS) is 25.1. The number of fused-ring (bicyclic) bond motifs is 1. The average molecular weight is 405 g/mol. The molecular formula is C13H11ClFIN4. The van der Waals surface area contributed by atoms with E-state index in [1.165, 1.54) is 12.1 Å². The lowest BCUT2D eigenvalue weighted by Gasteiger charge is -2.29. The van der Waals surface area contributed by atoms with E-state index in [1.54, 1.807) is 12.3 Å². The minimum absolute atomic E-state index is 0.300. The molecule has 2 N–H and O–H groups in total. The number of aliphatic imine (C=N–C) groups is 1. The molecule has 0 bridgehead atoms. The van der Waals surface area contributed by atoms with Gasteiger partial charge < -0.3 is 10.2 Å². The van der Waals surface area contributed by atoms with Crippen molar-refractivity contribution in [3.63, 3.8) is 0 Å². The smallest absolute Gasteiger partial charge is 0.233 e. The first-order valence-corrected chi connectivity index (χ1v) is 7.35. The number of rotatable bonds is 2. The summed E-state index contributed by atoms with van der Waals surface area (Å²) in [7, 11) is 0. The molecule has 4 nitrogen and oxygen atoms in total. The fourth-order valence-electron chi connectivity index (χ4n) is 2.28. The number of alkyl halides is 1. The number of nitrogens with zero attached hydrogens (tertiary/aromatic N) is 2. The van der Waals surface area contributed by atoms with E-state index in [1.807, 2.05) is 11.0 Å². The van der Waals surface area contributed by atoms with Crippen molar-refractivity contribution in [1.29, 1.82) is 0 Å². The fraction of sp³-hybridized carbons (Fsp3) is 0.154. The zero-order chi connectivity index (χ0) is 14.3. The Morgan fingerprint density at radius 1 is 1.55 bits per heavy atom. The second-order valence-electron chi connectivity index (χ2n) is 4.37. The van der Waals surface area contributed by atoms with Crippen molar-refractivity contribution in [2.24, 2.45) is 4.99 Å². The van der Waals surface area contributed by atoms with Crippen LogP contribution in [-0.4, -0.2) is 20.5 Å². The molecule has 2 aliphatic heterocycles. The molecule has 2 heterocycles. The molecule has 1 aromatic rings. The molecule has 1 atom stereocenters. The van der Waals surface area contributed by atoms with Crippen LogP contribution in [0.4, 0.5) is 4.39 Å². The van der Waals surface area contributed by atoms with E-state index in [9.17, 15) is 4.39 Å². The highest BCUT2D eigenvalue weighted by molar-refractivity contribution is 14.1. The van der Waals surface area contributed by atoms with Crippen LogP contribution < -0.4 is 10.6 Å². The predicted octanol–water partition coefficient (Wildman–Crippen LogP) is 2.79. The van der Waals surface area contributed by atoms with Crippen LogP contribution in [-0.2, 0) is 0 Å². The van der Waals surface area contributed by atoms with Gasteiger partial charge >= 0.3 is 0 Å². The summed E-state index contributed by atoms with van der Waals surface area (Å²) in [6.45, 7) is 4.27. The standard InChI is InChI=1S/C13H11ClFIN4/c1-2-20-7-17-13(14)11(20)10(18-12(16)19-13)8-4-3-5-9(15)6-8/h2-6,17H,1,7H2,(H,18,19). The van der Waals surface area contributed by atoms with Crippen molar-refractivity contribution in [3.8, 4) is 0 Å². The summed E-state index contributed by atoms with van der Waals surface area (Å²) in [5.74, 6) is -0.300. The van der Waals surface area contributed by atoms with Crippen LogP contribution in [0.5, 0.6) is 0 Å². The van der Waals surface area contributed by atoms with Gasteiger partial charge in [-0.25, -0.2) is 9.38 Å². The minimum atomic E-state index is -1.04. The molecule has 1 saturated heterocycles. The summed E-state index contributed by atoms with van der Waals surface area (Å²) in [6.07, 6.45) is 1.67. The number of amidine groups is 1. The highest BCUT2D eigenvalue weighted by atomic mass is 127. The van der Waals surface area contributed by atoms with Crippen LogP contribution in [0.1, 0.15) is 5.56 Å². The topological polar surface area (TPSA) is 39.7 Å². The molecule has 104 valence electrons. The molecule has 0 aliphatic carbocycles. The molecule has 3 rings (SSSR count). The highest BCUT2D eigenvalue weighted by Crippen LogP contribution is 2.39. The van der Waals surface area contributed by atoms with Crippen molar-refractivity contribution in [1.82, 2.24) is 15.5 Å². The quantitative estimate of drug-likeness (QED) is 0.452. The minimum Gasteiger partial charge on any atom is -0.333 e. The molecule has 1 unspecified atom stereocenters. The van der Waals surface area contributed by atoms with Crippen LogP contribution in [0.15, 0.2) is 47.7 Å². The Morgan fingerprint density at radius 3 is 3.05 bits per heavy atom. The molecule has 1 aromatic carbocycles. The number of benzene rings is 1. The van der Waals surface area contributed by atoms with Crippen molar-refractivity contribution in [3.05, 3.63) is 54.1 Å². The third-order valence-corrected chi connectivity index (χ3v) is 4.04. The first-order chi connectivity index (χ1) is 9.53. The fourth-order valence-corrected chi connectivity index (χ4v) is 3.40. The molecule has 2 aliphatic rings. The molecule has 0 spiro atoms. The van der Waals surface area contributed by atoms with Gasteiger partial charge in [0, 0.05) is 5.56 Å². The lowest BCUT2D eigenvalue weighted by molar-refractivity contribution is 0.518. The van der Waals surface area contributed by atoms with Gasteiger partial charge in [-0.3, -0.25) is 5.32 Å². The maximum absolute atomic E-state index is 13.5. The van der Waals surface area contributed by atoms with Crippen LogP contribution in [0.3, 0.4) is 0 Å². The van der Waals surface area contributed by atoms with E-state index in [2.05, 4.69) is 44.8 Å². The Bertz CT molecular complexity index is 645. The van der Waals surface area contributed by atoms with Gasteiger partial charge in [-0.2, -0.15) is 0 Å². The summed E-state index contributed by atoms with van der Waals surface area (Å²) in [5.41, 5.74) is 2.16. The summed E-state index contributed by atoms with van der Waals surface area (Å²) in [6, 6.07) is 6.35. The summed E-state index contributed by atoms with van der Waals surface area (Å²) >= 11 is 8.60. The van der Waals surface area contributed by atoms with Crippen LogP contribution in [0, 0.1) is 5.82 Å². The molecule has 1 fully saturated rings. The van der Waals surface area contributed by atoms with Gasteiger partial charge in [0.05, 0.1) is 12.4 Å². The molecule has 0 aromatic heterocycles. The Labute approximate surface area is 134 Å². The van der Waals surface area contributed by atoms with E-state index in [-0.39, 0.29) is 5.82 Å². The molecule has 7 heteroatoms. The van der Waals surface area contributed by atoms with E-state index in [0.29, 0.717) is 16.1 Å². The van der Waals surface area contributed by atoms with Gasteiger partial charge in [-0.05, 0) is 40.9 Å². The van der Waals surface area contributed by atoms with Crippen molar-refractivity contribution in [2.45, 2.75) is 5.12 Å². The first-order valence-electron chi connectivity index (χ1n) is 5.90. The van der Waals surface area contributed by atoms with Crippen molar-refractivity contribution in [2.75, 3.05) is 6.67 Å². The van der Waals surface area contributed by atoms with E-state index in [0.717, 1.165) is 11.4 Å². The Hall–Kier alpha value is -1.12. The Balaban J connectivity index is 2.19. The van der Waals surface area contributed by atoms with E-state index >= 15 is 0 Å². The summed E-state index contributed by atoms with van der Waals surface area (Å²) < 4.78 is 14.1. The molecule has 0 saturated carbocycles. The third-order valence-electron chi connectivity index (χ3n) is 3.14. The van der Waals surface area contributed by atoms with Gasteiger partial charge in [-0.15, -0.1) is 0 Å². The predicted molar refractivity (Wildman–Crippen MR) is 86.5 cm³/mol. The second kappa shape index (κ2) is 5.01. The Morgan fingerprint density at radius 2 is 2.35 bits per heavy atom. The molecule has 20 heavy (non-hydrogen) atoms. The summed E-state index contributed by atoms with van der Waals surface area (Å²) in [5, 5.41) is 5.23. The van der Waals surface area contributed by atoms with Crippen molar-refractivity contribution >= 4 is 43.7 Å². The largest absolute Gasteiger partial charge is 0.333 e. The third kappa shape index (κ3) is 2.21. The van der Waals surface area contributed by atoms with E-state index < -0.39 is 5.12 Å². The van der Waals surface area contributed by atoms with Gasteiger partial charge in [0.15, 0.2) is 3.84 Å². The average Bonchev–Trinajstić information content (AvgIpc) is 2.74. The first kappa shape index (κ1) is 13.8. The molecular weight excluding hydrogens is 394 g/mol. The maximum atomic E-state index is 13.5. The zero-order valence-corrected chi connectivity index (χ0v) is 13.2. The number of hydrogen-bond donors (Lipinski definition) is 2. The Kier molecular flexibility index (Phi) is 3.47. The lowest BCUT2D eigenvalue weighted by atomic mass is 10.1. The number of nitrogens with one attached hydrogen (secondary N) is 2. The van der Waals surface area contributed by atoms with Crippen LogP contribution in [0.25, 0.3) is 5.70 Å². The van der Waals surface area contributed by atoms with Gasteiger partial charge in [0.25, 0.3) is 0 Å².